The molecule has 0 radical (unpaired) electrons. The van der Waals surface area contributed by atoms with Crippen LogP contribution in [0.25, 0.3) is 0 Å². The van der Waals surface area contributed by atoms with Gasteiger partial charge in [0, 0.05) is 6.08 Å². The fourth-order valence-corrected chi connectivity index (χ4v) is 4.19. The average Bonchev–Trinajstić information content (AvgIpc) is 3.07. The van der Waals surface area contributed by atoms with Gasteiger partial charge in [-0.05, 0) is 107 Å². The number of methoxy groups -OCH3 is 1. The highest BCUT2D eigenvalue weighted by molar-refractivity contribution is 5.91. The number of carbonyl (C=O) groups excluding carboxylic acids is 5. The number of esters is 4. The van der Waals surface area contributed by atoms with E-state index in [-0.39, 0.29) is 37.7 Å². The summed E-state index contributed by atoms with van der Waals surface area (Å²) in [6.45, 7) is 9.68. The molecule has 0 saturated heterocycles. The van der Waals surface area contributed by atoms with Crippen molar-refractivity contribution >= 4 is 30.0 Å². The first-order valence-corrected chi connectivity index (χ1v) is 15.9. The van der Waals surface area contributed by atoms with Gasteiger partial charge in [0.25, 0.3) is 0 Å². The predicted octanol–water partition coefficient (Wildman–Crippen LogP) is 6.56. The molecule has 0 aliphatic carbocycles. The molecule has 2 aromatic carbocycles. The van der Waals surface area contributed by atoms with Gasteiger partial charge < -0.3 is 33.2 Å². The Balaban J connectivity index is 1.70. The van der Waals surface area contributed by atoms with Crippen molar-refractivity contribution < 1.29 is 57.1 Å². The van der Waals surface area contributed by atoms with Gasteiger partial charge in [-0.25, -0.2) is 14.4 Å². The third-order valence-corrected chi connectivity index (χ3v) is 6.98. The molecule has 2 aromatic rings. The molecule has 0 aliphatic rings. The standard InChI is InChI=1S/C36H46O12/c1-6-26-24-27(14-19-30(26)43-20-10-8-9-11-22-45-34(40)36(3,4)25-32(38)42-5)33(39)47-28-15-17-29(18-16-28)48-35(41)46-23-13-12-21-44-31(37)7-2/h7,14-19,24H,2,6,8-13,20-23,25H2,1,3-5H3. The molecule has 0 spiro atoms. The van der Waals surface area contributed by atoms with Crippen LogP contribution in [0, 0.1) is 5.41 Å². The summed E-state index contributed by atoms with van der Waals surface area (Å²) in [4.78, 5) is 59.4. The van der Waals surface area contributed by atoms with E-state index in [1.54, 1.807) is 32.0 Å². The highest BCUT2D eigenvalue weighted by Crippen LogP contribution is 2.25. The van der Waals surface area contributed by atoms with Crippen LogP contribution in [-0.2, 0) is 39.8 Å². The topological polar surface area (TPSA) is 150 Å². The predicted molar refractivity (Wildman–Crippen MR) is 175 cm³/mol. The van der Waals surface area contributed by atoms with Crippen molar-refractivity contribution in [1.29, 1.82) is 0 Å². The minimum atomic E-state index is -0.931. The highest BCUT2D eigenvalue weighted by Gasteiger charge is 2.32. The zero-order chi connectivity index (χ0) is 35.4. The Kier molecular flexibility index (Phi) is 17.3. The van der Waals surface area contributed by atoms with Gasteiger partial charge in [0.2, 0.25) is 0 Å². The van der Waals surface area contributed by atoms with Crippen LogP contribution in [0.15, 0.2) is 55.1 Å². The molecule has 0 N–H and O–H groups in total. The van der Waals surface area contributed by atoms with Crippen molar-refractivity contribution in [3.8, 4) is 17.2 Å². The maximum atomic E-state index is 12.8. The van der Waals surface area contributed by atoms with Crippen LogP contribution in [0.3, 0.4) is 0 Å². The minimum Gasteiger partial charge on any atom is -0.493 e. The zero-order valence-electron chi connectivity index (χ0n) is 28.2. The molecule has 0 aliphatic heterocycles. The Morgan fingerprint density at radius 1 is 0.750 bits per heavy atom. The molecule has 262 valence electrons. The molecule has 0 saturated carbocycles. The SMILES string of the molecule is C=CC(=O)OCCCCOC(=O)Oc1ccc(OC(=O)c2ccc(OCCCCCCOC(=O)C(C)(C)CC(=O)OC)c(CC)c2)cc1. The van der Waals surface area contributed by atoms with Crippen molar-refractivity contribution in [2.24, 2.45) is 5.41 Å². The summed E-state index contributed by atoms with van der Waals surface area (Å²) >= 11 is 0. The first-order valence-electron chi connectivity index (χ1n) is 15.9. The second kappa shape index (κ2) is 21.1. The Morgan fingerprint density at radius 3 is 1.96 bits per heavy atom. The van der Waals surface area contributed by atoms with Crippen LogP contribution < -0.4 is 14.2 Å². The van der Waals surface area contributed by atoms with E-state index >= 15 is 0 Å². The molecule has 2 rings (SSSR count). The smallest absolute Gasteiger partial charge is 0.493 e. The highest BCUT2D eigenvalue weighted by atomic mass is 16.7. The lowest BCUT2D eigenvalue weighted by Gasteiger charge is -2.21. The molecule has 12 heteroatoms. The van der Waals surface area contributed by atoms with Crippen LogP contribution in [0.5, 0.6) is 17.2 Å². The maximum absolute atomic E-state index is 12.8. The molecule has 12 nitrogen and oxygen atoms in total. The first kappa shape index (κ1) is 39.3. The summed E-state index contributed by atoms with van der Waals surface area (Å²) in [6.07, 6.45) is 5.08. The lowest BCUT2D eigenvalue weighted by molar-refractivity contribution is -0.159. The number of ether oxygens (including phenoxy) is 7. The number of benzene rings is 2. The van der Waals surface area contributed by atoms with Gasteiger partial charge >= 0.3 is 30.0 Å². The summed E-state index contributed by atoms with van der Waals surface area (Å²) in [7, 11) is 1.29. The van der Waals surface area contributed by atoms with Gasteiger partial charge in [-0.3, -0.25) is 9.59 Å². The quantitative estimate of drug-likeness (QED) is 0.0353. The summed E-state index contributed by atoms with van der Waals surface area (Å²) in [6, 6.07) is 11.1. The van der Waals surface area contributed by atoms with E-state index in [4.69, 9.17) is 28.4 Å². The molecular weight excluding hydrogens is 624 g/mol. The lowest BCUT2D eigenvalue weighted by atomic mass is 9.89. The van der Waals surface area contributed by atoms with Gasteiger partial charge in [-0.15, -0.1) is 0 Å². The molecule has 0 atom stereocenters. The van der Waals surface area contributed by atoms with Crippen LogP contribution in [0.1, 0.15) is 81.6 Å². The second-order valence-corrected chi connectivity index (χ2v) is 11.4. The Bertz CT molecular complexity index is 1360. The zero-order valence-corrected chi connectivity index (χ0v) is 28.2. The van der Waals surface area contributed by atoms with Crippen LogP contribution in [0.2, 0.25) is 0 Å². The van der Waals surface area contributed by atoms with Gasteiger partial charge in [0.05, 0.1) is 50.9 Å². The van der Waals surface area contributed by atoms with Crippen LogP contribution >= 0.6 is 0 Å². The molecule has 0 amide bonds. The summed E-state index contributed by atoms with van der Waals surface area (Å²) in [5.41, 5.74) is 0.303. The lowest BCUT2D eigenvalue weighted by Crippen LogP contribution is -2.30. The molecule has 0 bridgehead atoms. The molecule has 48 heavy (non-hydrogen) atoms. The monoisotopic (exact) mass is 670 g/mol. The van der Waals surface area contributed by atoms with Gasteiger partial charge in [-0.1, -0.05) is 13.5 Å². The molecule has 0 aromatic heterocycles. The third-order valence-electron chi connectivity index (χ3n) is 6.98. The fraction of sp³-hybridized carbons (Fsp3) is 0.472. The number of aryl methyl sites for hydroxylation is 1. The molecule has 0 heterocycles. The van der Waals surface area contributed by atoms with E-state index in [0.29, 0.717) is 43.6 Å². The Labute approximate surface area is 281 Å². The van der Waals surface area contributed by atoms with E-state index in [1.807, 2.05) is 6.92 Å². The summed E-state index contributed by atoms with van der Waals surface area (Å²) in [5, 5.41) is 0. The van der Waals surface area contributed by atoms with Gasteiger partial charge in [-0.2, -0.15) is 0 Å². The summed E-state index contributed by atoms with van der Waals surface area (Å²) in [5.74, 6) is -0.741. The molecule has 0 unspecified atom stereocenters. The molecule has 0 fully saturated rings. The van der Waals surface area contributed by atoms with Crippen molar-refractivity contribution in [2.75, 3.05) is 33.5 Å². The van der Waals surface area contributed by atoms with Crippen LogP contribution in [0.4, 0.5) is 4.79 Å². The van der Waals surface area contributed by atoms with E-state index in [0.717, 1.165) is 30.9 Å². The summed E-state index contributed by atoms with van der Waals surface area (Å²) < 4.78 is 36.4. The van der Waals surface area contributed by atoms with Crippen LogP contribution in [-0.4, -0.2) is 63.6 Å². The van der Waals surface area contributed by atoms with Crippen molar-refractivity contribution in [2.45, 2.75) is 72.1 Å². The van der Waals surface area contributed by atoms with Gasteiger partial charge in [0.15, 0.2) is 0 Å². The Hall–Kier alpha value is -4.87. The van der Waals surface area contributed by atoms with Crippen molar-refractivity contribution in [1.82, 2.24) is 0 Å². The number of rotatable bonds is 21. The maximum Gasteiger partial charge on any atom is 0.513 e. The molecular formula is C36H46O12. The van der Waals surface area contributed by atoms with Crippen molar-refractivity contribution in [3.63, 3.8) is 0 Å². The first-order chi connectivity index (χ1) is 23.0. The van der Waals surface area contributed by atoms with E-state index in [2.05, 4.69) is 11.3 Å². The van der Waals surface area contributed by atoms with E-state index in [1.165, 1.54) is 31.4 Å². The fourth-order valence-electron chi connectivity index (χ4n) is 4.19. The minimum absolute atomic E-state index is 0.0323. The number of hydrogen-bond acceptors (Lipinski definition) is 12. The largest absolute Gasteiger partial charge is 0.513 e. The normalized spacial score (nSPS) is 10.8. The second-order valence-electron chi connectivity index (χ2n) is 11.4. The number of hydrogen-bond donors (Lipinski definition) is 0. The van der Waals surface area contributed by atoms with Gasteiger partial charge in [0.1, 0.15) is 17.2 Å². The third kappa shape index (κ3) is 14.7. The average molecular weight is 671 g/mol. The number of unbranched alkanes of at least 4 members (excludes halogenated alkanes) is 4. The number of carbonyl (C=O) groups is 5. The van der Waals surface area contributed by atoms with Crippen molar-refractivity contribution in [3.05, 3.63) is 66.2 Å². The van der Waals surface area contributed by atoms with E-state index in [9.17, 15) is 24.0 Å². The Morgan fingerprint density at radius 2 is 1.33 bits per heavy atom. The van der Waals surface area contributed by atoms with E-state index < -0.39 is 35.4 Å².